The van der Waals surface area contributed by atoms with E-state index in [4.69, 9.17) is 28.9 Å². The van der Waals surface area contributed by atoms with E-state index in [0.717, 1.165) is 11.6 Å². The largest absolute Gasteiger partial charge is 0.382 e. The van der Waals surface area contributed by atoms with Gasteiger partial charge in [0, 0.05) is 10.7 Å². The number of nitrogens with two attached hydrogens (primary N) is 1. The fourth-order valence-electron chi connectivity index (χ4n) is 2.17. The van der Waals surface area contributed by atoms with E-state index < -0.39 is 11.7 Å². The fraction of sp³-hybridized carbons (Fsp3) is 0.0625. The Morgan fingerprint density at radius 2 is 2.04 bits per heavy atom. The first-order valence-electron chi connectivity index (χ1n) is 7.14. The third-order valence-corrected chi connectivity index (χ3v) is 3.91. The van der Waals surface area contributed by atoms with Crippen LogP contribution in [0.5, 0.6) is 0 Å². The minimum atomic E-state index is -0.577. The standard InChI is InChI=1S/C16H12Cl2FN5O/c17-10-3-1-2-9(6-10)8-24-15(20)14(22-23-24)16(25)21-11-4-5-13(19)12(18)7-11/h1-7H,8,20H2,(H,21,25). The van der Waals surface area contributed by atoms with Crippen molar-refractivity contribution in [1.29, 1.82) is 0 Å². The minimum Gasteiger partial charge on any atom is -0.382 e. The Labute approximate surface area is 152 Å². The molecular formula is C16H12Cl2FN5O. The zero-order valence-corrected chi connectivity index (χ0v) is 14.2. The number of nitrogens with zero attached hydrogens (tertiary/aromatic N) is 3. The Kier molecular flexibility index (Phi) is 4.87. The van der Waals surface area contributed by atoms with E-state index in [0.29, 0.717) is 17.3 Å². The molecule has 3 rings (SSSR count). The monoisotopic (exact) mass is 379 g/mol. The average Bonchev–Trinajstić information content (AvgIpc) is 2.92. The van der Waals surface area contributed by atoms with Crippen molar-refractivity contribution in [3.8, 4) is 0 Å². The molecule has 0 fully saturated rings. The molecule has 25 heavy (non-hydrogen) atoms. The zero-order valence-electron chi connectivity index (χ0n) is 12.7. The molecule has 0 aliphatic carbocycles. The molecular weight excluding hydrogens is 368 g/mol. The first kappa shape index (κ1) is 17.2. The summed E-state index contributed by atoms with van der Waals surface area (Å²) in [6.07, 6.45) is 0. The molecule has 128 valence electrons. The maximum Gasteiger partial charge on any atom is 0.280 e. The zero-order chi connectivity index (χ0) is 18.0. The van der Waals surface area contributed by atoms with Gasteiger partial charge in [0.2, 0.25) is 0 Å². The molecule has 0 bridgehead atoms. The number of nitrogens with one attached hydrogen (secondary N) is 1. The van der Waals surface area contributed by atoms with E-state index in [9.17, 15) is 9.18 Å². The Balaban J connectivity index is 1.77. The Morgan fingerprint density at radius 3 is 2.76 bits per heavy atom. The lowest BCUT2D eigenvalue weighted by Gasteiger charge is -2.06. The molecule has 6 nitrogen and oxygen atoms in total. The van der Waals surface area contributed by atoms with Gasteiger partial charge < -0.3 is 11.1 Å². The Bertz CT molecular complexity index is 944. The molecule has 0 aliphatic rings. The van der Waals surface area contributed by atoms with Gasteiger partial charge in [0.1, 0.15) is 5.82 Å². The normalized spacial score (nSPS) is 10.7. The van der Waals surface area contributed by atoms with Crippen LogP contribution in [0.3, 0.4) is 0 Å². The van der Waals surface area contributed by atoms with Crippen LogP contribution in [0.4, 0.5) is 15.9 Å². The van der Waals surface area contributed by atoms with E-state index >= 15 is 0 Å². The number of halogens is 3. The second-order valence-electron chi connectivity index (χ2n) is 5.19. The van der Waals surface area contributed by atoms with Gasteiger partial charge in [0.05, 0.1) is 11.6 Å². The van der Waals surface area contributed by atoms with Crippen molar-refractivity contribution in [2.45, 2.75) is 6.54 Å². The van der Waals surface area contributed by atoms with Crippen molar-refractivity contribution in [2.24, 2.45) is 0 Å². The van der Waals surface area contributed by atoms with Crippen LogP contribution in [-0.2, 0) is 6.54 Å². The van der Waals surface area contributed by atoms with Gasteiger partial charge >= 0.3 is 0 Å². The second kappa shape index (κ2) is 7.08. The number of anilines is 2. The van der Waals surface area contributed by atoms with Crippen LogP contribution < -0.4 is 11.1 Å². The number of hydrogen-bond acceptors (Lipinski definition) is 4. The van der Waals surface area contributed by atoms with Gasteiger partial charge in [-0.3, -0.25) is 4.79 Å². The number of hydrogen-bond donors (Lipinski definition) is 2. The van der Waals surface area contributed by atoms with Crippen LogP contribution >= 0.6 is 23.2 Å². The molecule has 0 atom stereocenters. The number of carbonyl (C=O) groups is 1. The van der Waals surface area contributed by atoms with E-state index in [2.05, 4.69) is 15.6 Å². The summed E-state index contributed by atoms with van der Waals surface area (Å²) in [6, 6.07) is 11.0. The van der Waals surface area contributed by atoms with Crippen LogP contribution in [0.25, 0.3) is 0 Å². The third-order valence-electron chi connectivity index (χ3n) is 3.39. The highest BCUT2D eigenvalue weighted by Gasteiger charge is 2.18. The number of aromatic nitrogens is 3. The van der Waals surface area contributed by atoms with Crippen LogP contribution in [0.15, 0.2) is 42.5 Å². The number of benzene rings is 2. The van der Waals surface area contributed by atoms with Gasteiger partial charge in [-0.05, 0) is 35.9 Å². The Morgan fingerprint density at radius 1 is 1.24 bits per heavy atom. The summed E-state index contributed by atoms with van der Waals surface area (Å²) in [5.41, 5.74) is 7.10. The molecule has 0 radical (unpaired) electrons. The maximum atomic E-state index is 13.2. The van der Waals surface area contributed by atoms with Crippen molar-refractivity contribution in [3.63, 3.8) is 0 Å². The SMILES string of the molecule is Nc1c(C(=O)Nc2ccc(F)c(Cl)c2)nnn1Cc1cccc(Cl)c1. The van der Waals surface area contributed by atoms with Crippen LogP contribution in [0, 0.1) is 5.82 Å². The summed E-state index contributed by atoms with van der Waals surface area (Å²) < 4.78 is 14.5. The van der Waals surface area contributed by atoms with Crippen LogP contribution in [-0.4, -0.2) is 20.9 Å². The van der Waals surface area contributed by atoms with E-state index in [1.54, 1.807) is 18.2 Å². The molecule has 1 heterocycles. The van der Waals surface area contributed by atoms with Gasteiger partial charge in [-0.15, -0.1) is 5.10 Å². The number of rotatable bonds is 4. The molecule has 0 spiro atoms. The topological polar surface area (TPSA) is 85.8 Å². The Hall–Kier alpha value is -2.64. The van der Waals surface area contributed by atoms with Gasteiger partial charge in [-0.1, -0.05) is 40.5 Å². The summed E-state index contributed by atoms with van der Waals surface area (Å²) in [5, 5.41) is 10.7. The molecule has 0 unspecified atom stereocenters. The van der Waals surface area contributed by atoms with E-state index in [-0.39, 0.29) is 16.5 Å². The number of amides is 1. The predicted molar refractivity (Wildman–Crippen MR) is 94.4 cm³/mol. The van der Waals surface area contributed by atoms with Crippen molar-refractivity contribution < 1.29 is 9.18 Å². The summed E-state index contributed by atoms with van der Waals surface area (Å²) in [7, 11) is 0. The second-order valence-corrected chi connectivity index (χ2v) is 6.04. The van der Waals surface area contributed by atoms with Crippen molar-refractivity contribution in [1.82, 2.24) is 15.0 Å². The van der Waals surface area contributed by atoms with Crippen LogP contribution in [0.1, 0.15) is 16.1 Å². The van der Waals surface area contributed by atoms with Crippen molar-refractivity contribution >= 4 is 40.6 Å². The quantitative estimate of drug-likeness (QED) is 0.724. The first-order valence-corrected chi connectivity index (χ1v) is 7.89. The first-order chi connectivity index (χ1) is 11.9. The van der Waals surface area contributed by atoms with Gasteiger partial charge in [-0.25, -0.2) is 9.07 Å². The highest BCUT2D eigenvalue weighted by Crippen LogP contribution is 2.21. The molecule has 2 aromatic carbocycles. The summed E-state index contributed by atoms with van der Waals surface area (Å²) in [4.78, 5) is 12.3. The van der Waals surface area contributed by atoms with Crippen molar-refractivity contribution in [3.05, 3.63) is 69.6 Å². The highest BCUT2D eigenvalue weighted by molar-refractivity contribution is 6.31. The molecule has 3 N–H and O–H groups in total. The van der Waals surface area contributed by atoms with Crippen LogP contribution in [0.2, 0.25) is 10.0 Å². The lowest BCUT2D eigenvalue weighted by Crippen LogP contribution is -2.15. The molecule has 3 aromatic rings. The maximum absolute atomic E-state index is 13.2. The number of nitrogen functional groups attached to an aromatic ring is 1. The predicted octanol–water partition coefficient (Wildman–Crippen LogP) is 3.61. The summed E-state index contributed by atoms with van der Waals surface area (Å²) >= 11 is 11.6. The lowest BCUT2D eigenvalue weighted by atomic mass is 10.2. The van der Waals surface area contributed by atoms with Crippen molar-refractivity contribution in [2.75, 3.05) is 11.1 Å². The third kappa shape index (κ3) is 3.89. The summed E-state index contributed by atoms with van der Waals surface area (Å²) in [5.74, 6) is -1.05. The van der Waals surface area contributed by atoms with E-state index in [1.807, 2.05) is 6.07 Å². The average molecular weight is 380 g/mol. The number of carbonyl (C=O) groups excluding carboxylic acids is 1. The minimum absolute atomic E-state index is 0.0394. The van der Waals surface area contributed by atoms with Gasteiger partial charge in [-0.2, -0.15) is 0 Å². The molecule has 0 saturated carbocycles. The highest BCUT2D eigenvalue weighted by atomic mass is 35.5. The molecule has 1 amide bonds. The van der Waals surface area contributed by atoms with Gasteiger partial charge in [0.15, 0.2) is 11.5 Å². The fourth-order valence-corrected chi connectivity index (χ4v) is 2.56. The smallest absolute Gasteiger partial charge is 0.280 e. The molecule has 0 aliphatic heterocycles. The van der Waals surface area contributed by atoms with E-state index in [1.165, 1.54) is 16.8 Å². The molecule has 9 heteroatoms. The lowest BCUT2D eigenvalue weighted by molar-refractivity contribution is 0.102. The van der Waals surface area contributed by atoms with Gasteiger partial charge in [0.25, 0.3) is 5.91 Å². The summed E-state index contributed by atoms with van der Waals surface area (Å²) in [6.45, 7) is 0.315. The molecule has 1 aromatic heterocycles. The molecule has 0 saturated heterocycles.